The number of hydrogen-bond donors (Lipinski definition) is 4. The van der Waals surface area contributed by atoms with E-state index in [0.29, 0.717) is 23.5 Å². The predicted octanol–water partition coefficient (Wildman–Crippen LogP) is 1.30. The molecule has 6 N–H and O–H groups in total. The van der Waals surface area contributed by atoms with Gasteiger partial charge in [0.05, 0.1) is 11.7 Å². The smallest absolute Gasteiger partial charge is 0.224 e. The number of fused-ring (bicyclic) bond motifs is 1. The molecule has 0 bridgehead atoms. The molecule has 0 saturated carbocycles. The highest BCUT2D eigenvalue weighted by atomic mass is 16.5. The van der Waals surface area contributed by atoms with Gasteiger partial charge in [-0.1, -0.05) is 19.0 Å². The first-order valence-corrected chi connectivity index (χ1v) is 7.38. The van der Waals surface area contributed by atoms with Crippen molar-refractivity contribution >= 4 is 22.9 Å². The Bertz CT molecular complexity index is 821. The van der Waals surface area contributed by atoms with Gasteiger partial charge in [0.2, 0.25) is 5.95 Å². The molecule has 3 aromatic heterocycles. The number of aryl methyl sites for hydroxylation is 1. The third-order valence-corrected chi connectivity index (χ3v) is 3.56. The van der Waals surface area contributed by atoms with E-state index in [1.807, 2.05) is 13.0 Å². The number of imidazole rings is 1. The minimum atomic E-state index is -0.0261. The zero-order chi connectivity index (χ0) is 16.6. The average molecular weight is 316 g/mol. The van der Waals surface area contributed by atoms with Crippen molar-refractivity contribution in [2.45, 2.75) is 33.4 Å². The van der Waals surface area contributed by atoms with Crippen molar-refractivity contribution in [2.24, 2.45) is 5.92 Å². The molecule has 0 saturated heterocycles. The van der Waals surface area contributed by atoms with Gasteiger partial charge in [-0.15, -0.1) is 0 Å². The molecule has 0 radical (unpaired) electrons. The van der Waals surface area contributed by atoms with Crippen molar-refractivity contribution < 1.29 is 4.52 Å². The second-order valence-electron chi connectivity index (χ2n) is 5.82. The normalized spacial score (nSPS) is 13.0. The van der Waals surface area contributed by atoms with Gasteiger partial charge in [-0.2, -0.15) is 9.97 Å². The van der Waals surface area contributed by atoms with Crippen molar-refractivity contribution in [1.82, 2.24) is 30.4 Å². The second kappa shape index (κ2) is 5.84. The Morgan fingerprint density at radius 2 is 2.04 bits per heavy atom. The molecular formula is C14H20N8O. The van der Waals surface area contributed by atoms with Gasteiger partial charge in [0.1, 0.15) is 17.1 Å². The second-order valence-corrected chi connectivity index (χ2v) is 5.82. The van der Waals surface area contributed by atoms with Gasteiger partial charge < -0.3 is 26.3 Å². The lowest BCUT2D eigenvalue weighted by molar-refractivity contribution is 0.368. The number of nitrogen functional groups attached to an aromatic ring is 2. The maximum atomic E-state index is 5.87. The zero-order valence-corrected chi connectivity index (χ0v) is 13.3. The Morgan fingerprint density at radius 1 is 1.26 bits per heavy atom. The molecule has 0 aromatic carbocycles. The summed E-state index contributed by atoms with van der Waals surface area (Å²) in [5.74, 6) is 2.21. The van der Waals surface area contributed by atoms with Crippen LogP contribution in [0.15, 0.2) is 10.6 Å². The summed E-state index contributed by atoms with van der Waals surface area (Å²) in [5.41, 5.74) is 13.4. The van der Waals surface area contributed by atoms with Gasteiger partial charge in [0, 0.05) is 12.6 Å². The molecular weight excluding hydrogens is 296 g/mol. The van der Waals surface area contributed by atoms with Gasteiger partial charge in [-0.25, -0.2) is 4.98 Å². The van der Waals surface area contributed by atoms with Crippen molar-refractivity contribution in [2.75, 3.05) is 11.5 Å². The van der Waals surface area contributed by atoms with Crippen molar-refractivity contribution in [3.05, 3.63) is 23.3 Å². The fraction of sp³-hybridized carbons (Fsp3) is 0.429. The lowest BCUT2D eigenvalue weighted by Gasteiger charge is -2.19. The van der Waals surface area contributed by atoms with E-state index in [0.717, 1.165) is 17.3 Å². The Labute approximate surface area is 132 Å². The van der Waals surface area contributed by atoms with Gasteiger partial charge in [0.25, 0.3) is 0 Å². The standard InChI is InChI=1S/C14H20N8O/c1-6(2)9(17-5-8-4-7(3)23-22-8)12-18-10-11(15)19-14(16)21-13(10)20-12/h4,6,9,17H,5H2,1-3H3,(H5,15,16,18,19,20,21). The molecule has 0 amide bonds. The third-order valence-electron chi connectivity index (χ3n) is 3.56. The predicted molar refractivity (Wildman–Crippen MR) is 86.2 cm³/mol. The summed E-state index contributed by atoms with van der Waals surface area (Å²) in [7, 11) is 0. The van der Waals surface area contributed by atoms with E-state index in [1.54, 1.807) is 0 Å². The largest absolute Gasteiger partial charge is 0.382 e. The number of hydrogen-bond acceptors (Lipinski definition) is 8. The number of anilines is 2. The van der Waals surface area contributed by atoms with Crippen molar-refractivity contribution in [3.63, 3.8) is 0 Å². The van der Waals surface area contributed by atoms with E-state index >= 15 is 0 Å². The van der Waals surface area contributed by atoms with E-state index in [1.165, 1.54) is 0 Å². The fourth-order valence-corrected chi connectivity index (χ4v) is 2.47. The van der Waals surface area contributed by atoms with Crippen LogP contribution in [0.1, 0.15) is 37.2 Å². The Kier molecular flexibility index (Phi) is 3.87. The van der Waals surface area contributed by atoms with Crippen LogP contribution in [-0.4, -0.2) is 25.1 Å². The molecule has 9 nitrogen and oxygen atoms in total. The Balaban J connectivity index is 1.87. The summed E-state index contributed by atoms with van der Waals surface area (Å²) in [4.78, 5) is 15.7. The van der Waals surface area contributed by atoms with E-state index in [4.69, 9.17) is 16.0 Å². The van der Waals surface area contributed by atoms with Crippen LogP contribution in [-0.2, 0) is 6.54 Å². The summed E-state index contributed by atoms with van der Waals surface area (Å²) >= 11 is 0. The van der Waals surface area contributed by atoms with Gasteiger partial charge in [-0.3, -0.25) is 0 Å². The molecule has 1 atom stereocenters. The summed E-state index contributed by atoms with van der Waals surface area (Å²) < 4.78 is 5.08. The number of nitrogens with one attached hydrogen (secondary N) is 2. The number of H-pyrrole nitrogens is 1. The highest BCUT2D eigenvalue weighted by Gasteiger charge is 2.21. The quantitative estimate of drug-likeness (QED) is 0.551. The molecule has 3 heterocycles. The van der Waals surface area contributed by atoms with Crippen LogP contribution in [0.4, 0.5) is 11.8 Å². The Morgan fingerprint density at radius 3 is 2.70 bits per heavy atom. The summed E-state index contributed by atoms with van der Waals surface area (Å²) in [5, 5.41) is 7.41. The highest BCUT2D eigenvalue weighted by Crippen LogP contribution is 2.24. The molecule has 3 rings (SSSR count). The van der Waals surface area contributed by atoms with Crippen LogP contribution in [0, 0.1) is 12.8 Å². The molecule has 9 heteroatoms. The molecule has 3 aromatic rings. The minimum Gasteiger partial charge on any atom is -0.382 e. The number of nitrogens with two attached hydrogens (primary N) is 2. The number of rotatable bonds is 5. The number of aromatic nitrogens is 5. The maximum Gasteiger partial charge on any atom is 0.224 e. The van der Waals surface area contributed by atoms with Crippen LogP contribution in [0.3, 0.4) is 0 Å². The van der Waals surface area contributed by atoms with Gasteiger partial charge >= 0.3 is 0 Å². The molecule has 23 heavy (non-hydrogen) atoms. The molecule has 1 unspecified atom stereocenters. The van der Waals surface area contributed by atoms with Crippen LogP contribution in [0.5, 0.6) is 0 Å². The van der Waals surface area contributed by atoms with Crippen LogP contribution in [0.25, 0.3) is 11.2 Å². The van der Waals surface area contributed by atoms with Gasteiger partial charge in [-0.05, 0) is 12.8 Å². The van der Waals surface area contributed by atoms with E-state index in [9.17, 15) is 0 Å². The zero-order valence-electron chi connectivity index (χ0n) is 13.3. The summed E-state index contributed by atoms with van der Waals surface area (Å²) in [6.45, 7) is 6.63. The molecule has 0 aliphatic rings. The molecule has 0 spiro atoms. The topological polar surface area (TPSA) is 145 Å². The molecule has 0 aliphatic heterocycles. The first kappa shape index (κ1) is 15.2. The first-order chi connectivity index (χ1) is 10.9. The highest BCUT2D eigenvalue weighted by molar-refractivity contribution is 5.82. The molecule has 0 aliphatic carbocycles. The lowest BCUT2D eigenvalue weighted by atomic mass is 10.0. The number of nitrogens with zero attached hydrogens (tertiary/aromatic N) is 4. The first-order valence-electron chi connectivity index (χ1n) is 7.38. The van der Waals surface area contributed by atoms with Crippen LogP contribution < -0.4 is 16.8 Å². The van der Waals surface area contributed by atoms with E-state index < -0.39 is 0 Å². The van der Waals surface area contributed by atoms with E-state index in [2.05, 4.69) is 44.3 Å². The maximum absolute atomic E-state index is 5.87. The van der Waals surface area contributed by atoms with E-state index in [-0.39, 0.29) is 17.9 Å². The third kappa shape index (κ3) is 3.09. The van der Waals surface area contributed by atoms with Gasteiger partial charge in [0.15, 0.2) is 11.5 Å². The number of aromatic amines is 1. The minimum absolute atomic E-state index is 0.0261. The van der Waals surface area contributed by atoms with Crippen LogP contribution in [0.2, 0.25) is 0 Å². The van der Waals surface area contributed by atoms with Crippen molar-refractivity contribution in [3.8, 4) is 0 Å². The Hall–Kier alpha value is -2.68. The monoisotopic (exact) mass is 316 g/mol. The van der Waals surface area contributed by atoms with Crippen molar-refractivity contribution in [1.29, 1.82) is 0 Å². The lowest BCUT2D eigenvalue weighted by Crippen LogP contribution is -2.26. The molecule has 0 fully saturated rings. The SMILES string of the molecule is Cc1cc(CNC(c2nc3nc(N)nc(N)c3[nH]2)C(C)C)no1. The average Bonchev–Trinajstić information content (AvgIpc) is 3.05. The summed E-state index contributed by atoms with van der Waals surface area (Å²) in [6, 6.07) is 1.87. The molecule has 122 valence electrons. The van der Waals surface area contributed by atoms with Crippen LogP contribution >= 0.6 is 0 Å². The summed E-state index contributed by atoms with van der Waals surface area (Å²) in [6.07, 6.45) is 0. The fourth-order valence-electron chi connectivity index (χ4n) is 2.47.